The molecule has 1 saturated heterocycles. The molecule has 2 heterocycles. The van der Waals surface area contributed by atoms with Gasteiger partial charge in [0, 0.05) is 0 Å². The summed E-state index contributed by atoms with van der Waals surface area (Å²) in [5.74, 6) is -1.76. The van der Waals surface area contributed by atoms with Gasteiger partial charge in [-0.15, -0.1) is 0 Å². The fraction of sp³-hybridized carbons (Fsp3) is 0.400. The summed E-state index contributed by atoms with van der Waals surface area (Å²) in [7, 11) is 0. The second kappa shape index (κ2) is 4.91. The first kappa shape index (κ1) is 12.4. The summed E-state index contributed by atoms with van der Waals surface area (Å²) >= 11 is 0. The molecular weight excluding hydrogens is 216 g/mol. The lowest BCUT2D eigenvalue weighted by molar-refractivity contribution is -0.163. The fourth-order valence-electron chi connectivity index (χ4n) is 1.35. The Kier molecular flexibility index (Phi) is 3.81. The number of carbonyl (C=O) groups is 2. The predicted octanol–water partition coefficient (Wildman–Crippen LogP) is 1.01. The zero-order valence-corrected chi connectivity index (χ0v) is 8.76. The van der Waals surface area contributed by atoms with E-state index in [1.807, 2.05) is 6.79 Å². The quantitative estimate of drug-likeness (QED) is 0.813. The summed E-state index contributed by atoms with van der Waals surface area (Å²) in [6.45, 7) is 4.67. The molecule has 0 spiro atoms. The van der Waals surface area contributed by atoms with Crippen LogP contribution in [0.3, 0.4) is 0 Å². The molecule has 1 aliphatic heterocycles. The number of ether oxygens (including phenoxy) is 2. The van der Waals surface area contributed by atoms with E-state index < -0.39 is 11.8 Å². The predicted molar refractivity (Wildman–Crippen MR) is 52.0 cm³/mol. The average Bonchev–Trinajstić information content (AvgIpc) is 2.89. The van der Waals surface area contributed by atoms with Crippen molar-refractivity contribution >= 4 is 12.8 Å². The number of carbonyl (C=O) groups excluding carboxylic acids is 1. The molecule has 1 fully saturated rings. The zero-order chi connectivity index (χ0) is 12.2. The van der Waals surface area contributed by atoms with Crippen LogP contribution in [0.4, 0.5) is 0 Å². The lowest BCUT2D eigenvalue weighted by Gasteiger charge is -2.18. The van der Waals surface area contributed by atoms with Crippen LogP contribution in [0.15, 0.2) is 16.5 Å². The van der Waals surface area contributed by atoms with Gasteiger partial charge < -0.3 is 23.8 Å². The first-order chi connectivity index (χ1) is 7.62. The monoisotopic (exact) mass is 228 g/mol. The van der Waals surface area contributed by atoms with Gasteiger partial charge in [0.1, 0.15) is 6.79 Å². The van der Waals surface area contributed by atoms with E-state index in [9.17, 15) is 4.79 Å². The van der Waals surface area contributed by atoms with Crippen molar-refractivity contribution in [2.75, 3.05) is 13.2 Å². The number of furan rings is 1. The van der Waals surface area contributed by atoms with Gasteiger partial charge in [0.2, 0.25) is 11.5 Å². The molecule has 0 amide bonds. The molecule has 2 rings (SSSR count). The largest absolute Gasteiger partial charge is 0.475 e. The van der Waals surface area contributed by atoms with Crippen molar-refractivity contribution in [3.05, 3.63) is 23.7 Å². The SMILES string of the molecule is C=O.CC1(c2ccc(C(=O)O)o2)OCCO1. The van der Waals surface area contributed by atoms with Crippen molar-refractivity contribution in [2.45, 2.75) is 12.7 Å². The molecule has 1 N–H and O–H groups in total. The molecule has 1 aromatic heterocycles. The van der Waals surface area contributed by atoms with E-state index in [-0.39, 0.29) is 5.76 Å². The standard InChI is InChI=1S/C9H10O5.CH2O/c1-9(12-4-5-13-9)7-3-2-6(14-7)8(10)11;1-2/h2-3H,4-5H2,1H3,(H,10,11);1H2. The van der Waals surface area contributed by atoms with Gasteiger partial charge in [-0.2, -0.15) is 0 Å². The number of rotatable bonds is 2. The highest BCUT2D eigenvalue weighted by Crippen LogP contribution is 2.31. The van der Waals surface area contributed by atoms with Crippen LogP contribution in [0.25, 0.3) is 0 Å². The molecule has 0 bridgehead atoms. The van der Waals surface area contributed by atoms with E-state index in [1.165, 1.54) is 6.07 Å². The Bertz CT molecular complexity index is 363. The maximum absolute atomic E-state index is 10.6. The van der Waals surface area contributed by atoms with Gasteiger partial charge in [-0.3, -0.25) is 0 Å². The van der Waals surface area contributed by atoms with E-state index in [1.54, 1.807) is 13.0 Å². The molecule has 0 saturated carbocycles. The minimum Gasteiger partial charge on any atom is -0.475 e. The van der Waals surface area contributed by atoms with Crippen LogP contribution in [0.2, 0.25) is 0 Å². The smallest absolute Gasteiger partial charge is 0.371 e. The van der Waals surface area contributed by atoms with Gasteiger partial charge in [0.15, 0.2) is 5.76 Å². The van der Waals surface area contributed by atoms with Crippen LogP contribution in [-0.4, -0.2) is 31.1 Å². The topological polar surface area (TPSA) is 86.0 Å². The molecule has 16 heavy (non-hydrogen) atoms. The van der Waals surface area contributed by atoms with Crippen LogP contribution >= 0.6 is 0 Å². The second-order valence-corrected chi connectivity index (χ2v) is 3.11. The molecule has 1 aliphatic rings. The minimum atomic E-state index is -1.10. The van der Waals surface area contributed by atoms with Crippen LogP contribution < -0.4 is 0 Å². The Hall–Kier alpha value is -1.66. The highest BCUT2D eigenvalue weighted by atomic mass is 16.7. The van der Waals surface area contributed by atoms with E-state index >= 15 is 0 Å². The Morgan fingerprint density at radius 2 is 1.94 bits per heavy atom. The van der Waals surface area contributed by atoms with Gasteiger partial charge in [-0.05, 0) is 19.1 Å². The zero-order valence-electron chi connectivity index (χ0n) is 8.76. The van der Waals surface area contributed by atoms with Crippen molar-refractivity contribution in [2.24, 2.45) is 0 Å². The van der Waals surface area contributed by atoms with Crippen LogP contribution in [0.1, 0.15) is 23.2 Å². The van der Waals surface area contributed by atoms with E-state index in [0.29, 0.717) is 19.0 Å². The lowest BCUT2D eigenvalue weighted by Crippen LogP contribution is -2.21. The van der Waals surface area contributed by atoms with Crippen molar-refractivity contribution in [3.63, 3.8) is 0 Å². The minimum absolute atomic E-state index is 0.111. The van der Waals surface area contributed by atoms with Crippen LogP contribution in [-0.2, 0) is 20.1 Å². The Morgan fingerprint density at radius 1 is 1.38 bits per heavy atom. The summed E-state index contributed by atoms with van der Waals surface area (Å²) in [5, 5.41) is 8.65. The molecule has 0 unspecified atom stereocenters. The molecule has 88 valence electrons. The molecule has 0 atom stereocenters. The number of hydrogen-bond acceptors (Lipinski definition) is 5. The van der Waals surface area contributed by atoms with Crippen molar-refractivity contribution in [3.8, 4) is 0 Å². The van der Waals surface area contributed by atoms with Gasteiger partial charge in [0.25, 0.3) is 0 Å². The molecule has 1 aromatic rings. The lowest BCUT2D eigenvalue weighted by atomic mass is 10.2. The van der Waals surface area contributed by atoms with Crippen LogP contribution in [0.5, 0.6) is 0 Å². The third-order valence-electron chi connectivity index (χ3n) is 2.10. The summed E-state index contributed by atoms with van der Waals surface area (Å²) in [6.07, 6.45) is 0. The summed E-state index contributed by atoms with van der Waals surface area (Å²) in [6, 6.07) is 2.93. The molecule has 0 radical (unpaired) electrons. The summed E-state index contributed by atoms with van der Waals surface area (Å²) < 4.78 is 15.7. The van der Waals surface area contributed by atoms with Gasteiger partial charge >= 0.3 is 5.97 Å². The second-order valence-electron chi connectivity index (χ2n) is 3.11. The van der Waals surface area contributed by atoms with Gasteiger partial charge in [0.05, 0.1) is 13.2 Å². The number of hydrogen-bond donors (Lipinski definition) is 1. The number of carboxylic acids is 1. The molecule has 6 heteroatoms. The summed E-state index contributed by atoms with van der Waals surface area (Å²) in [4.78, 5) is 18.6. The third kappa shape index (κ3) is 2.29. The maximum Gasteiger partial charge on any atom is 0.371 e. The van der Waals surface area contributed by atoms with Gasteiger partial charge in [-0.1, -0.05) is 0 Å². The molecule has 0 aromatic carbocycles. The average molecular weight is 228 g/mol. The van der Waals surface area contributed by atoms with Gasteiger partial charge in [-0.25, -0.2) is 4.79 Å². The first-order valence-corrected chi connectivity index (χ1v) is 4.52. The highest BCUT2D eigenvalue weighted by Gasteiger charge is 2.36. The highest BCUT2D eigenvalue weighted by molar-refractivity contribution is 5.84. The Morgan fingerprint density at radius 3 is 2.38 bits per heavy atom. The molecular formula is C10H12O6. The normalized spacial score (nSPS) is 17.6. The number of aromatic carboxylic acids is 1. The van der Waals surface area contributed by atoms with Crippen molar-refractivity contribution in [1.29, 1.82) is 0 Å². The maximum atomic E-state index is 10.6. The Labute approximate surface area is 91.8 Å². The number of carboxylic acid groups (broad SMARTS) is 1. The van der Waals surface area contributed by atoms with E-state index in [0.717, 1.165) is 0 Å². The molecule has 6 nitrogen and oxygen atoms in total. The van der Waals surface area contributed by atoms with Crippen LogP contribution in [0, 0.1) is 0 Å². The Balaban J connectivity index is 0.000000606. The van der Waals surface area contributed by atoms with Crippen molar-refractivity contribution in [1.82, 2.24) is 0 Å². The third-order valence-corrected chi connectivity index (χ3v) is 2.10. The van der Waals surface area contributed by atoms with E-state index in [4.69, 9.17) is 23.8 Å². The van der Waals surface area contributed by atoms with Crippen molar-refractivity contribution < 1.29 is 28.6 Å². The first-order valence-electron chi connectivity index (χ1n) is 4.52. The van der Waals surface area contributed by atoms with E-state index in [2.05, 4.69) is 0 Å². The summed E-state index contributed by atoms with van der Waals surface area (Å²) in [5.41, 5.74) is 0. The fourth-order valence-corrected chi connectivity index (χ4v) is 1.35. The molecule has 0 aliphatic carbocycles.